The van der Waals surface area contributed by atoms with Gasteiger partial charge in [0.05, 0.1) is 0 Å². The number of para-hydroxylation sites is 1. The molecule has 1 rings (SSSR count). The van der Waals surface area contributed by atoms with Crippen LogP contribution in [0.1, 0.15) is 0 Å². The topological polar surface area (TPSA) is 80.7 Å². The van der Waals surface area contributed by atoms with Crippen LogP contribution < -0.4 is 4.74 Å². The van der Waals surface area contributed by atoms with Crippen molar-refractivity contribution in [2.75, 3.05) is 0 Å². The molecule has 22 heavy (non-hydrogen) atoms. The van der Waals surface area contributed by atoms with E-state index in [1.807, 2.05) is 0 Å². The predicted octanol–water partition coefficient (Wildman–Crippen LogP) is 2.34. The first-order valence-corrected chi connectivity index (χ1v) is 6.57. The minimum Gasteiger partial charge on any atom is -0.425 e. The fraction of sp³-hybridized carbons (Fsp3) is 0.300. The molecule has 0 aliphatic carbocycles. The number of carbonyl (C=O) groups is 1. The van der Waals surface area contributed by atoms with Gasteiger partial charge in [-0.05, 0) is 12.1 Å². The van der Waals surface area contributed by atoms with Gasteiger partial charge in [-0.3, -0.25) is 4.55 Å². The number of ether oxygens (including phenoxy) is 1. The summed E-state index contributed by atoms with van der Waals surface area (Å²) < 4.78 is 104. The number of carbonyl (C=O) groups excluding carboxylic acids is 1. The standard InChI is InChI=1S/C10H6F6O5S/c11-9(12,13)8(10(14,15)16,22(18,19)20)7(17)21-6-4-2-1-3-5-6/h1-5H,(H,18,19,20). The van der Waals surface area contributed by atoms with Crippen LogP contribution in [0.15, 0.2) is 30.3 Å². The molecule has 12 heteroatoms. The Morgan fingerprint density at radius 1 is 0.955 bits per heavy atom. The molecule has 1 aromatic carbocycles. The average molecular weight is 352 g/mol. The molecule has 0 aliphatic rings. The summed E-state index contributed by atoms with van der Waals surface area (Å²) in [5, 5.41) is 0. The fourth-order valence-electron chi connectivity index (χ4n) is 1.46. The lowest BCUT2D eigenvalue weighted by Crippen LogP contribution is -2.68. The molecule has 0 spiro atoms. The van der Waals surface area contributed by atoms with E-state index < -0.39 is 38.9 Å². The number of halogens is 6. The third-order valence-electron chi connectivity index (χ3n) is 2.43. The third-order valence-corrected chi connectivity index (χ3v) is 3.83. The molecule has 124 valence electrons. The summed E-state index contributed by atoms with van der Waals surface area (Å²) in [6.45, 7) is 0. The summed E-state index contributed by atoms with van der Waals surface area (Å²) in [7, 11) is -6.99. The Bertz CT molecular complexity index is 635. The summed E-state index contributed by atoms with van der Waals surface area (Å²) in [4.78, 5) is 11.4. The van der Waals surface area contributed by atoms with Gasteiger partial charge in [-0.15, -0.1) is 0 Å². The number of alkyl halides is 6. The molecule has 0 radical (unpaired) electrons. The van der Waals surface area contributed by atoms with Gasteiger partial charge in [0.1, 0.15) is 5.75 Å². The minimum absolute atomic E-state index is 0.769. The summed E-state index contributed by atoms with van der Waals surface area (Å²) in [5.41, 5.74) is 0. The zero-order chi connectivity index (χ0) is 17.4. The van der Waals surface area contributed by atoms with E-state index in [4.69, 9.17) is 4.55 Å². The van der Waals surface area contributed by atoms with Crippen molar-refractivity contribution in [2.45, 2.75) is 17.1 Å². The third kappa shape index (κ3) is 2.88. The smallest absolute Gasteiger partial charge is 0.425 e. The molecular weight excluding hydrogens is 346 g/mol. The molecule has 0 saturated carbocycles. The Morgan fingerprint density at radius 3 is 1.68 bits per heavy atom. The average Bonchev–Trinajstić information content (AvgIpc) is 2.24. The maximum atomic E-state index is 12.8. The predicted molar refractivity (Wildman–Crippen MR) is 58.5 cm³/mol. The summed E-state index contributed by atoms with van der Waals surface area (Å²) >= 11 is 0. The van der Waals surface area contributed by atoms with Crippen LogP contribution in [0.25, 0.3) is 0 Å². The van der Waals surface area contributed by atoms with E-state index in [0.717, 1.165) is 24.3 Å². The largest absolute Gasteiger partial charge is 0.430 e. The Morgan fingerprint density at radius 2 is 1.36 bits per heavy atom. The van der Waals surface area contributed by atoms with Gasteiger partial charge in [-0.2, -0.15) is 34.8 Å². The van der Waals surface area contributed by atoms with Crippen LogP contribution >= 0.6 is 0 Å². The molecule has 1 aromatic rings. The van der Waals surface area contributed by atoms with Crippen LogP contribution in [0.4, 0.5) is 26.3 Å². The number of esters is 1. The Hall–Kier alpha value is -1.82. The van der Waals surface area contributed by atoms with Crippen molar-refractivity contribution in [1.82, 2.24) is 0 Å². The SMILES string of the molecule is O=C(Oc1ccccc1)C(C(F)(F)F)(C(F)(F)F)S(=O)(=O)O. The van der Waals surface area contributed by atoms with Crippen LogP contribution in [-0.2, 0) is 14.9 Å². The maximum absolute atomic E-state index is 12.8. The van der Waals surface area contributed by atoms with Crippen molar-refractivity contribution >= 4 is 16.1 Å². The van der Waals surface area contributed by atoms with E-state index >= 15 is 0 Å². The van der Waals surface area contributed by atoms with Crippen molar-refractivity contribution in [3.63, 3.8) is 0 Å². The van der Waals surface area contributed by atoms with Crippen molar-refractivity contribution in [3.8, 4) is 5.75 Å². The number of rotatable bonds is 3. The highest BCUT2D eigenvalue weighted by Crippen LogP contribution is 2.49. The van der Waals surface area contributed by atoms with Crippen molar-refractivity contribution < 1.29 is 48.8 Å². The molecule has 5 nitrogen and oxygen atoms in total. The first-order valence-electron chi connectivity index (χ1n) is 5.13. The van der Waals surface area contributed by atoms with Gasteiger partial charge in [-0.25, -0.2) is 4.79 Å². The van der Waals surface area contributed by atoms with Crippen LogP contribution in [0.2, 0.25) is 0 Å². The number of hydrogen-bond donors (Lipinski definition) is 1. The minimum atomic E-state index is -6.99. The van der Waals surface area contributed by atoms with Gasteiger partial charge < -0.3 is 4.74 Å². The molecule has 0 saturated heterocycles. The van der Waals surface area contributed by atoms with E-state index in [1.165, 1.54) is 6.07 Å². The molecule has 1 N–H and O–H groups in total. The second kappa shape index (κ2) is 5.43. The Kier molecular flexibility index (Phi) is 4.50. The van der Waals surface area contributed by atoms with E-state index in [0.29, 0.717) is 0 Å². The van der Waals surface area contributed by atoms with Gasteiger partial charge in [0.15, 0.2) is 0 Å². The zero-order valence-electron chi connectivity index (χ0n) is 10.1. The second-order valence-electron chi connectivity index (χ2n) is 3.85. The zero-order valence-corrected chi connectivity index (χ0v) is 11.0. The van der Waals surface area contributed by atoms with Gasteiger partial charge in [0.2, 0.25) is 0 Å². The number of hydrogen-bond acceptors (Lipinski definition) is 4. The van der Waals surface area contributed by atoms with E-state index in [2.05, 4.69) is 4.74 Å². The maximum Gasteiger partial charge on any atom is 0.430 e. The first-order chi connectivity index (χ1) is 9.75. The lowest BCUT2D eigenvalue weighted by Gasteiger charge is -2.31. The van der Waals surface area contributed by atoms with E-state index in [1.54, 1.807) is 0 Å². The highest BCUT2D eigenvalue weighted by Gasteiger charge is 2.85. The molecule has 0 amide bonds. The highest BCUT2D eigenvalue weighted by molar-refractivity contribution is 7.88. The Labute approximate surface area is 119 Å². The molecule has 0 unspecified atom stereocenters. The summed E-state index contributed by atoms with van der Waals surface area (Å²) in [6, 6.07) is 5.16. The quantitative estimate of drug-likeness (QED) is 0.391. The monoisotopic (exact) mass is 352 g/mol. The van der Waals surface area contributed by atoms with E-state index in [9.17, 15) is 39.6 Å². The lowest BCUT2D eigenvalue weighted by molar-refractivity contribution is -0.265. The Balaban J connectivity index is 3.54. The molecule has 0 aliphatic heterocycles. The normalized spacial score (nSPS) is 13.8. The summed E-state index contributed by atoms with van der Waals surface area (Å²) in [6.07, 6.45) is -13.4. The molecule has 0 bridgehead atoms. The fourth-order valence-corrected chi connectivity index (χ4v) is 2.29. The van der Waals surface area contributed by atoms with Crippen molar-refractivity contribution in [1.29, 1.82) is 0 Å². The molecule has 0 fully saturated rings. The van der Waals surface area contributed by atoms with Crippen LogP contribution in [-0.4, -0.2) is 36.0 Å². The van der Waals surface area contributed by atoms with Gasteiger partial charge >= 0.3 is 33.2 Å². The van der Waals surface area contributed by atoms with E-state index in [-0.39, 0.29) is 0 Å². The van der Waals surface area contributed by atoms with Gasteiger partial charge in [-0.1, -0.05) is 18.2 Å². The van der Waals surface area contributed by atoms with Crippen LogP contribution in [0.3, 0.4) is 0 Å². The van der Waals surface area contributed by atoms with Gasteiger partial charge in [0, 0.05) is 0 Å². The van der Waals surface area contributed by atoms with Crippen LogP contribution in [0, 0.1) is 0 Å². The first kappa shape index (κ1) is 18.2. The van der Waals surface area contributed by atoms with Crippen molar-refractivity contribution in [2.24, 2.45) is 0 Å². The molecule has 0 atom stereocenters. The highest BCUT2D eigenvalue weighted by atomic mass is 32.2. The van der Waals surface area contributed by atoms with Crippen LogP contribution in [0.5, 0.6) is 5.75 Å². The molecule has 0 heterocycles. The molecule has 0 aromatic heterocycles. The number of benzene rings is 1. The molecular formula is C10H6F6O5S. The van der Waals surface area contributed by atoms with Crippen molar-refractivity contribution in [3.05, 3.63) is 30.3 Å². The second-order valence-corrected chi connectivity index (χ2v) is 5.42. The lowest BCUT2D eigenvalue weighted by atomic mass is 10.1. The summed E-state index contributed by atoms with van der Waals surface area (Å²) in [5.74, 6) is -4.00. The van der Waals surface area contributed by atoms with Gasteiger partial charge in [0.25, 0.3) is 0 Å².